The second-order valence-corrected chi connectivity index (χ2v) is 11.2. The van der Waals surface area contributed by atoms with E-state index in [1.165, 1.54) is 0 Å². The fourth-order valence-corrected chi connectivity index (χ4v) is 2.43. The Balaban J connectivity index is 4.57. The number of rotatable bonds is 7. The maximum absolute atomic E-state index is 10.4. The van der Waals surface area contributed by atoms with Crippen LogP contribution in [0.1, 0.15) is 20.8 Å². The van der Waals surface area contributed by atoms with Crippen molar-refractivity contribution in [1.29, 1.82) is 0 Å². The number of aliphatic hydroxyl groups is 1. The minimum Gasteiger partial charge on any atom is -0.459 e. The Morgan fingerprint density at radius 2 is 1.94 bits per heavy atom. The molecule has 0 aliphatic carbocycles. The van der Waals surface area contributed by atoms with E-state index >= 15 is 0 Å². The summed E-state index contributed by atoms with van der Waals surface area (Å²) in [5.74, 6) is 0. The summed E-state index contributed by atoms with van der Waals surface area (Å²) in [6, 6.07) is 0. The van der Waals surface area contributed by atoms with E-state index in [0.717, 1.165) is 0 Å². The van der Waals surface area contributed by atoms with E-state index in [9.17, 15) is 9.90 Å². The van der Waals surface area contributed by atoms with Crippen molar-refractivity contribution in [2.45, 2.75) is 51.1 Å². The van der Waals surface area contributed by atoms with Crippen molar-refractivity contribution in [3.63, 3.8) is 0 Å². The molecule has 4 nitrogen and oxygen atoms in total. The van der Waals surface area contributed by atoms with Crippen molar-refractivity contribution in [3.05, 3.63) is 10.2 Å². The van der Waals surface area contributed by atoms with Crippen LogP contribution in [0, 0.1) is 0 Å². The van der Waals surface area contributed by atoms with Gasteiger partial charge in [0, 0.05) is 0 Å². The minimum atomic E-state index is -1.90. The molecule has 0 fully saturated rings. The number of aliphatic hydroxyl groups excluding tert-OH is 1. The molecule has 0 heterocycles. The van der Waals surface area contributed by atoms with Gasteiger partial charge in [-0.05, 0) is 28.3 Å². The second kappa shape index (κ2) is 7.61. The van der Waals surface area contributed by atoms with Crippen LogP contribution < -0.4 is 0 Å². The highest BCUT2D eigenvalue weighted by Gasteiger charge is 2.38. The largest absolute Gasteiger partial charge is 0.459 e. The lowest BCUT2D eigenvalue weighted by molar-refractivity contribution is -0.140. The van der Waals surface area contributed by atoms with Gasteiger partial charge in [0.05, 0.1) is 6.61 Å². The van der Waals surface area contributed by atoms with Gasteiger partial charge in [0.2, 0.25) is 0 Å². The third-order valence-corrected chi connectivity index (χ3v) is 8.21. The van der Waals surface area contributed by atoms with E-state index in [1.807, 2.05) is 22.6 Å². The van der Waals surface area contributed by atoms with Gasteiger partial charge in [0.25, 0.3) is 6.47 Å². The molecule has 0 aromatic rings. The van der Waals surface area contributed by atoms with Gasteiger partial charge >= 0.3 is 0 Å². The molecule has 0 saturated carbocycles. The van der Waals surface area contributed by atoms with Gasteiger partial charge < -0.3 is 14.3 Å². The zero-order valence-corrected chi connectivity index (χ0v) is 14.8. The molecule has 0 bridgehead atoms. The van der Waals surface area contributed by atoms with Crippen molar-refractivity contribution in [1.82, 2.24) is 0 Å². The molecule has 0 spiro atoms. The van der Waals surface area contributed by atoms with Gasteiger partial charge in [-0.15, -0.1) is 0 Å². The van der Waals surface area contributed by atoms with Gasteiger partial charge in [-0.25, -0.2) is 0 Å². The first-order chi connectivity index (χ1) is 8.15. The molecular weight excluding hydrogens is 363 g/mol. The Labute approximate surface area is 124 Å². The summed E-state index contributed by atoms with van der Waals surface area (Å²) in [6.07, 6.45) is 0.0866. The topological polar surface area (TPSA) is 55.8 Å². The fourth-order valence-electron chi connectivity index (χ4n) is 0.995. The Morgan fingerprint density at radius 3 is 2.33 bits per heavy atom. The molecule has 2 atom stereocenters. The van der Waals surface area contributed by atoms with E-state index in [0.29, 0.717) is 6.47 Å². The number of carbonyl (C=O) groups excluding carboxylic acids is 1. The molecule has 0 aromatic carbocycles. The lowest BCUT2D eigenvalue weighted by Crippen LogP contribution is -2.44. The lowest BCUT2D eigenvalue weighted by atomic mass is 10.2. The van der Waals surface area contributed by atoms with Crippen molar-refractivity contribution in [2.75, 3.05) is 6.61 Å². The Bertz CT molecular complexity index is 286. The Morgan fingerprint density at radius 1 is 1.39 bits per heavy atom. The van der Waals surface area contributed by atoms with Crippen LogP contribution in [0.3, 0.4) is 0 Å². The molecule has 0 unspecified atom stereocenters. The molecule has 0 radical (unpaired) electrons. The SMILES string of the molecule is CC(C)(C)[Si](C)(C)OC[C@@H](OC=O)[C@@H](O)/C=C/I. The summed E-state index contributed by atoms with van der Waals surface area (Å²) in [6.45, 7) is 11.2. The molecule has 106 valence electrons. The van der Waals surface area contributed by atoms with Crippen LogP contribution in [-0.2, 0) is 14.0 Å². The maximum Gasteiger partial charge on any atom is 0.293 e. The average Bonchev–Trinajstić information content (AvgIpc) is 2.22. The summed E-state index contributed by atoms with van der Waals surface area (Å²) in [5, 5.41) is 9.89. The highest BCUT2D eigenvalue weighted by Crippen LogP contribution is 2.36. The van der Waals surface area contributed by atoms with Crippen LogP contribution in [-0.4, -0.2) is 38.7 Å². The number of carbonyl (C=O) groups is 1. The van der Waals surface area contributed by atoms with E-state index in [-0.39, 0.29) is 11.6 Å². The van der Waals surface area contributed by atoms with Crippen LogP contribution in [0.5, 0.6) is 0 Å². The van der Waals surface area contributed by atoms with Crippen LogP contribution in [0.2, 0.25) is 18.1 Å². The standard InChI is InChI=1S/C12H23IO4Si/c1-12(2,3)18(4,5)17-8-11(16-9-14)10(15)6-7-13/h6-7,9-11,15H,8H2,1-5H3/b7-6+/t10-,11+/m0/s1. The molecule has 0 saturated heterocycles. The van der Waals surface area contributed by atoms with Gasteiger partial charge in [0.1, 0.15) is 6.10 Å². The number of hydrogen-bond donors (Lipinski definition) is 1. The predicted molar refractivity (Wildman–Crippen MR) is 83.3 cm³/mol. The third kappa shape index (κ3) is 5.81. The molecule has 0 amide bonds. The molecule has 0 aliphatic rings. The molecule has 6 heteroatoms. The zero-order valence-electron chi connectivity index (χ0n) is 11.6. The van der Waals surface area contributed by atoms with Gasteiger partial charge in [-0.2, -0.15) is 0 Å². The van der Waals surface area contributed by atoms with E-state index in [2.05, 4.69) is 33.9 Å². The van der Waals surface area contributed by atoms with Gasteiger partial charge in [0.15, 0.2) is 14.4 Å². The first-order valence-electron chi connectivity index (χ1n) is 5.83. The van der Waals surface area contributed by atoms with Gasteiger partial charge in [-0.1, -0.05) is 43.4 Å². The lowest BCUT2D eigenvalue weighted by Gasteiger charge is -2.37. The molecule has 0 rings (SSSR count). The van der Waals surface area contributed by atoms with Crippen LogP contribution in [0.15, 0.2) is 10.2 Å². The molecular formula is C12H23IO4Si. The van der Waals surface area contributed by atoms with Crippen LogP contribution in [0.4, 0.5) is 0 Å². The van der Waals surface area contributed by atoms with Crippen molar-refractivity contribution >= 4 is 37.4 Å². The molecule has 0 aliphatic heterocycles. The predicted octanol–water partition coefficient (Wildman–Crippen LogP) is 2.86. The average molecular weight is 386 g/mol. The number of ether oxygens (including phenoxy) is 1. The fraction of sp³-hybridized carbons (Fsp3) is 0.750. The molecule has 1 N–H and O–H groups in total. The Hall–Kier alpha value is 0.0769. The van der Waals surface area contributed by atoms with Crippen molar-refractivity contribution in [2.24, 2.45) is 0 Å². The zero-order chi connectivity index (χ0) is 14.4. The van der Waals surface area contributed by atoms with Crippen LogP contribution in [0.25, 0.3) is 0 Å². The van der Waals surface area contributed by atoms with Crippen LogP contribution >= 0.6 is 22.6 Å². The summed E-state index contributed by atoms with van der Waals surface area (Å²) >= 11 is 2.01. The van der Waals surface area contributed by atoms with E-state index in [1.54, 1.807) is 10.2 Å². The summed E-state index contributed by atoms with van der Waals surface area (Å²) in [4.78, 5) is 10.4. The maximum atomic E-state index is 10.4. The van der Waals surface area contributed by atoms with Crippen molar-refractivity contribution < 1.29 is 19.1 Å². The van der Waals surface area contributed by atoms with Gasteiger partial charge in [-0.3, -0.25) is 4.79 Å². The first kappa shape index (κ1) is 18.1. The highest BCUT2D eigenvalue weighted by molar-refractivity contribution is 14.1. The van der Waals surface area contributed by atoms with Crippen molar-refractivity contribution in [3.8, 4) is 0 Å². The molecule has 0 aromatic heterocycles. The quantitative estimate of drug-likeness (QED) is 0.415. The first-order valence-corrected chi connectivity index (χ1v) is 9.99. The summed E-state index contributed by atoms with van der Waals surface area (Å²) < 4.78 is 12.5. The normalized spacial score (nSPS) is 16.6. The second-order valence-electron chi connectivity index (χ2n) is 5.65. The smallest absolute Gasteiger partial charge is 0.293 e. The minimum absolute atomic E-state index is 0.0861. The third-order valence-electron chi connectivity index (χ3n) is 3.30. The number of halogens is 1. The summed E-state index contributed by atoms with van der Waals surface area (Å²) in [7, 11) is -1.90. The van der Waals surface area contributed by atoms with E-state index in [4.69, 9.17) is 9.16 Å². The monoisotopic (exact) mass is 386 g/mol. The summed E-state index contributed by atoms with van der Waals surface area (Å²) in [5.41, 5.74) is 0. The number of hydrogen-bond acceptors (Lipinski definition) is 4. The van der Waals surface area contributed by atoms with E-state index < -0.39 is 20.5 Å². The highest BCUT2D eigenvalue weighted by atomic mass is 127. The molecule has 18 heavy (non-hydrogen) atoms. The Kier molecular flexibility index (Phi) is 7.65.